The van der Waals surface area contributed by atoms with Crippen molar-refractivity contribution in [1.29, 1.82) is 0 Å². The van der Waals surface area contributed by atoms with Crippen LogP contribution in [0.15, 0.2) is 65.3 Å². The number of nitrogens with zero attached hydrogens (tertiary/aromatic N) is 7. The van der Waals surface area contributed by atoms with E-state index in [9.17, 15) is 28.8 Å². The maximum Gasteiger partial charge on any atom is 0.262 e. The molecule has 6 heterocycles. The number of nitrogens with two attached hydrogens (primary N) is 1. The lowest BCUT2D eigenvalue weighted by Crippen LogP contribution is -2.54. The van der Waals surface area contributed by atoms with E-state index >= 15 is 0 Å². The molecule has 70 heavy (non-hydrogen) atoms. The molecule has 0 bridgehead atoms. The summed E-state index contributed by atoms with van der Waals surface area (Å²) in [5.74, 6) is 0.194. The highest BCUT2D eigenvalue weighted by molar-refractivity contribution is 6.23. The van der Waals surface area contributed by atoms with Crippen LogP contribution >= 0.6 is 0 Å². The SMILES string of the molecule is Cc1nc(-c2ccc(CC(=O)Nc3cc(C(C)(C)C)on3)cc2)c2c(N)ncc(/C=C/CCCN(CC(=O)NC3CCCCC3)CC3CN(c4ccc5c(c4)C(=O)N(C4CCC(=O)NC4=O)C5=O)C3)n12. The van der Waals surface area contributed by atoms with E-state index in [-0.39, 0.29) is 59.6 Å². The molecular weight excluding hydrogens is 891 g/mol. The van der Waals surface area contributed by atoms with Gasteiger partial charge < -0.3 is 25.8 Å². The Bertz CT molecular complexity index is 2870. The minimum Gasteiger partial charge on any atom is -0.382 e. The number of imide groups is 2. The summed E-state index contributed by atoms with van der Waals surface area (Å²) >= 11 is 0. The van der Waals surface area contributed by atoms with E-state index in [4.69, 9.17) is 15.2 Å². The summed E-state index contributed by atoms with van der Waals surface area (Å²) in [6.07, 6.45) is 13.3. The second kappa shape index (κ2) is 20.0. The molecule has 18 heteroatoms. The quantitative estimate of drug-likeness (QED) is 0.0674. The highest BCUT2D eigenvalue weighted by Gasteiger charge is 2.45. The Morgan fingerprint density at radius 3 is 2.44 bits per heavy atom. The van der Waals surface area contributed by atoms with Crippen LogP contribution < -0.4 is 26.6 Å². The maximum atomic E-state index is 13.5. The predicted molar refractivity (Wildman–Crippen MR) is 264 cm³/mol. The van der Waals surface area contributed by atoms with Gasteiger partial charge in [-0.3, -0.25) is 48.3 Å². The number of imidazole rings is 1. The minimum absolute atomic E-state index is 0.0421. The van der Waals surface area contributed by atoms with Crippen LogP contribution in [0, 0.1) is 12.8 Å². The van der Waals surface area contributed by atoms with Crippen molar-refractivity contribution >= 4 is 64.4 Å². The van der Waals surface area contributed by atoms with Crippen molar-refractivity contribution in [3.8, 4) is 11.3 Å². The fourth-order valence-electron chi connectivity index (χ4n) is 10.0. The molecular formula is C52H61N11O7. The largest absolute Gasteiger partial charge is 0.382 e. The van der Waals surface area contributed by atoms with E-state index < -0.39 is 29.7 Å². The van der Waals surface area contributed by atoms with Gasteiger partial charge in [0.2, 0.25) is 23.6 Å². The number of anilines is 3. The van der Waals surface area contributed by atoms with E-state index in [1.54, 1.807) is 24.4 Å². The van der Waals surface area contributed by atoms with Crippen molar-refractivity contribution in [2.45, 2.75) is 109 Å². The smallest absolute Gasteiger partial charge is 0.262 e. The van der Waals surface area contributed by atoms with Crippen molar-refractivity contribution in [3.05, 3.63) is 94.8 Å². The van der Waals surface area contributed by atoms with Gasteiger partial charge in [-0.15, -0.1) is 0 Å². The summed E-state index contributed by atoms with van der Waals surface area (Å²) in [6.45, 7) is 11.1. The van der Waals surface area contributed by atoms with E-state index in [2.05, 4.69) is 42.0 Å². The zero-order valence-electron chi connectivity index (χ0n) is 40.3. The van der Waals surface area contributed by atoms with Crippen LogP contribution in [0.5, 0.6) is 0 Å². The molecule has 1 unspecified atom stereocenters. The second-order valence-electron chi connectivity index (χ2n) is 20.1. The van der Waals surface area contributed by atoms with E-state index in [0.29, 0.717) is 41.7 Å². The topological polar surface area (TPSA) is 230 Å². The molecule has 18 nitrogen and oxygen atoms in total. The van der Waals surface area contributed by atoms with Crippen LogP contribution in [0.4, 0.5) is 17.3 Å². The summed E-state index contributed by atoms with van der Waals surface area (Å²) < 4.78 is 7.40. The van der Waals surface area contributed by atoms with Gasteiger partial charge >= 0.3 is 0 Å². The number of fused-ring (bicyclic) bond motifs is 2. The molecule has 3 aliphatic heterocycles. The Hall–Kier alpha value is -7.21. The van der Waals surface area contributed by atoms with E-state index in [1.165, 1.54) is 6.42 Å². The first kappa shape index (κ1) is 47.8. The Morgan fingerprint density at radius 2 is 1.71 bits per heavy atom. The van der Waals surface area contributed by atoms with Gasteiger partial charge in [-0.25, -0.2) is 9.97 Å². The molecule has 9 rings (SSSR count). The number of amides is 6. The first-order valence-electron chi connectivity index (χ1n) is 24.4. The third-order valence-electron chi connectivity index (χ3n) is 13.7. The van der Waals surface area contributed by atoms with Gasteiger partial charge in [-0.1, -0.05) is 75.5 Å². The number of piperidine rings is 1. The highest BCUT2D eigenvalue weighted by Crippen LogP contribution is 2.34. The number of aromatic nitrogens is 4. The summed E-state index contributed by atoms with van der Waals surface area (Å²) in [6, 6.07) is 13.8. The number of carbonyl (C=O) groups excluding carboxylic acids is 6. The van der Waals surface area contributed by atoms with Gasteiger partial charge in [0.15, 0.2) is 5.82 Å². The summed E-state index contributed by atoms with van der Waals surface area (Å²) in [5, 5.41) is 12.3. The fourth-order valence-corrected chi connectivity index (χ4v) is 10.0. The molecule has 2 aromatic carbocycles. The number of carbonyl (C=O) groups is 6. The number of unbranched alkanes of at least 4 members (excludes halogenated alkanes) is 1. The molecule has 4 aliphatic rings. The third kappa shape index (κ3) is 10.4. The number of allylic oxidation sites excluding steroid dienone is 1. The molecule has 6 amide bonds. The Morgan fingerprint density at radius 1 is 0.957 bits per heavy atom. The Labute approximate surface area is 406 Å². The number of aryl methyl sites for hydroxylation is 1. The third-order valence-corrected chi connectivity index (χ3v) is 13.7. The summed E-state index contributed by atoms with van der Waals surface area (Å²) in [4.78, 5) is 92.1. The lowest BCUT2D eigenvalue weighted by atomic mass is 9.93. The zero-order valence-corrected chi connectivity index (χ0v) is 40.3. The van der Waals surface area contributed by atoms with E-state index in [1.807, 2.05) is 68.5 Å². The number of nitrogen functional groups attached to an aromatic ring is 1. The van der Waals surface area contributed by atoms with Gasteiger partial charge in [0, 0.05) is 60.7 Å². The highest BCUT2D eigenvalue weighted by atomic mass is 16.5. The number of hydrogen-bond donors (Lipinski definition) is 4. The molecule has 1 aliphatic carbocycles. The number of benzene rings is 2. The van der Waals surface area contributed by atoms with Crippen LogP contribution in [-0.4, -0.2) is 110 Å². The number of hydrogen-bond acceptors (Lipinski definition) is 13. The monoisotopic (exact) mass is 951 g/mol. The second-order valence-corrected chi connectivity index (χ2v) is 20.1. The average Bonchev–Trinajstić information content (AvgIpc) is 4.00. The molecule has 0 radical (unpaired) electrons. The van der Waals surface area contributed by atoms with Crippen molar-refractivity contribution in [1.82, 2.24) is 40.0 Å². The van der Waals surface area contributed by atoms with E-state index in [0.717, 1.165) is 91.4 Å². The maximum absolute atomic E-state index is 13.5. The molecule has 5 aromatic rings. The van der Waals surface area contributed by atoms with Crippen LogP contribution in [0.1, 0.15) is 122 Å². The Balaban J connectivity index is 0.814. The summed E-state index contributed by atoms with van der Waals surface area (Å²) in [5.41, 5.74) is 11.5. The van der Waals surface area contributed by atoms with Gasteiger partial charge in [0.05, 0.1) is 36.0 Å². The van der Waals surface area contributed by atoms with Crippen LogP contribution in [0.2, 0.25) is 0 Å². The molecule has 366 valence electrons. The van der Waals surface area contributed by atoms with Gasteiger partial charge in [0.25, 0.3) is 11.8 Å². The first-order valence-corrected chi connectivity index (χ1v) is 24.4. The van der Waals surface area contributed by atoms with Crippen molar-refractivity contribution in [2.75, 3.05) is 48.7 Å². The number of rotatable bonds is 16. The normalized spacial score (nSPS) is 18.0. The molecule has 5 N–H and O–H groups in total. The fraction of sp³-hybridized carbons (Fsp3) is 0.442. The average molecular weight is 952 g/mol. The predicted octanol–water partition coefficient (Wildman–Crippen LogP) is 5.84. The van der Waals surface area contributed by atoms with Gasteiger partial charge in [-0.05, 0) is 75.4 Å². The molecule has 2 saturated heterocycles. The molecule has 3 fully saturated rings. The number of nitrogens with one attached hydrogen (secondary N) is 3. The molecule has 0 spiro atoms. The van der Waals surface area contributed by atoms with Gasteiger partial charge in [0.1, 0.15) is 34.7 Å². The molecule has 1 saturated carbocycles. The molecule has 3 aromatic heterocycles. The minimum atomic E-state index is -1.01. The van der Waals surface area contributed by atoms with Crippen molar-refractivity contribution in [3.63, 3.8) is 0 Å². The standard InChI is InChI=1S/C52H61N11O7/c1-31-55-46(34-16-14-32(15-17-34)23-44(65)57-42-25-41(70-59-42)52(2,3)4)47-48(53)54-26-37(62(31)47)13-9-6-10-22-60(30-45(66)56-35-11-7-5-8-12-35)27-33-28-61(29-33)36-18-19-38-39(24-36)51(69)63(50(38)68)40-20-21-43(64)58-49(40)67/h9,13-19,24-26,33,35,40H,5-8,10-12,20-23,27-30H2,1-4H3,(H2,53,54)(H,56,66)(H,57,59,65)(H,58,64,67)/b13-9+. The van der Waals surface area contributed by atoms with Gasteiger partial charge in [-0.2, -0.15) is 0 Å². The van der Waals surface area contributed by atoms with Crippen molar-refractivity contribution < 1.29 is 33.3 Å². The van der Waals surface area contributed by atoms with Crippen LogP contribution in [0.25, 0.3) is 22.9 Å². The van der Waals surface area contributed by atoms with Crippen LogP contribution in [-0.2, 0) is 31.0 Å². The summed E-state index contributed by atoms with van der Waals surface area (Å²) in [7, 11) is 0. The lowest BCUT2D eigenvalue weighted by Gasteiger charge is -2.43. The lowest BCUT2D eigenvalue weighted by molar-refractivity contribution is -0.136. The van der Waals surface area contributed by atoms with Crippen LogP contribution in [0.3, 0.4) is 0 Å². The zero-order chi connectivity index (χ0) is 49.3. The molecule has 1 atom stereocenters. The first-order chi connectivity index (χ1) is 33.6. The van der Waals surface area contributed by atoms with Crippen molar-refractivity contribution in [2.24, 2.45) is 5.92 Å². The Kier molecular flexibility index (Phi) is 13.7.